The first kappa shape index (κ1) is 11.2. The third kappa shape index (κ3) is 3.36. The zero-order valence-corrected chi connectivity index (χ0v) is 10.3. The molecule has 86 valence electrons. The fourth-order valence-corrected chi connectivity index (χ4v) is 3.38. The molecule has 0 aromatic heterocycles. The van der Waals surface area contributed by atoms with Crippen molar-refractivity contribution in [3.05, 3.63) is 11.6 Å². The van der Waals surface area contributed by atoms with Crippen LogP contribution in [0.25, 0.3) is 0 Å². The van der Waals surface area contributed by atoms with Crippen molar-refractivity contribution in [3.8, 4) is 0 Å². The van der Waals surface area contributed by atoms with E-state index in [0.717, 1.165) is 11.8 Å². The molecule has 2 rings (SSSR count). The molecule has 0 N–H and O–H groups in total. The van der Waals surface area contributed by atoms with Gasteiger partial charge in [-0.05, 0) is 43.9 Å². The second-order valence-electron chi connectivity index (χ2n) is 5.67. The standard InChI is InChI=1S/C15H26/c1-13(15-10-6-3-7-11-15)12-14-8-4-2-5-9-14/h10,13-14H,2-9,11-12H2,1H3. The van der Waals surface area contributed by atoms with Crippen LogP contribution in [0.3, 0.4) is 0 Å². The first-order chi connectivity index (χ1) is 7.36. The summed E-state index contributed by atoms with van der Waals surface area (Å²) in [6.07, 6.45) is 17.2. The van der Waals surface area contributed by atoms with Gasteiger partial charge in [-0.15, -0.1) is 0 Å². The summed E-state index contributed by atoms with van der Waals surface area (Å²) in [5.41, 5.74) is 1.78. The van der Waals surface area contributed by atoms with Gasteiger partial charge in [0.15, 0.2) is 0 Å². The van der Waals surface area contributed by atoms with Gasteiger partial charge in [0, 0.05) is 0 Å². The second-order valence-corrected chi connectivity index (χ2v) is 5.67. The molecule has 0 aliphatic heterocycles. The lowest BCUT2D eigenvalue weighted by Crippen LogP contribution is -2.13. The molecular weight excluding hydrogens is 180 g/mol. The van der Waals surface area contributed by atoms with Crippen LogP contribution >= 0.6 is 0 Å². The summed E-state index contributed by atoms with van der Waals surface area (Å²) < 4.78 is 0. The van der Waals surface area contributed by atoms with Crippen LogP contribution in [0.15, 0.2) is 11.6 Å². The highest BCUT2D eigenvalue weighted by molar-refractivity contribution is 5.08. The van der Waals surface area contributed by atoms with Crippen LogP contribution in [-0.2, 0) is 0 Å². The number of allylic oxidation sites excluding steroid dienone is 2. The predicted molar refractivity (Wildman–Crippen MR) is 66.9 cm³/mol. The highest BCUT2D eigenvalue weighted by Crippen LogP contribution is 2.34. The van der Waals surface area contributed by atoms with Gasteiger partial charge in [0.25, 0.3) is 0 Å². The monoisotopic (exact) mass is 206 g/mol. The molecule has 0 spiro atoms. The molecule has 15 heavy (non-hydrogen) atoms. The summed E-state index contributed by atoms with van der Waals surface area (Å²) in [6, 6.07) is 0. The van der Waals surface area contributed by atoms with E-state index < -0.39 is 0 Å². The molecule has 0 amide bonds. The van der Waals surface area contributed by atoms with Crippen molar-refractivity contribution in [2.45, 2.75) is 71.1 Å². The zero-order valence-electron chi connectivity index (χ0n) is 10.3. The van der Waals surface area contributed by atoms with Crippen LogP contribution in [0.4, 0.5) is 0 Å². The SMILES string of the molecule is CC(CC1CCCCC1)C1=CCCCC1. The highest BCUT2D eigenvalue weighted by atomic mass is 14.2. The van der Waals surface area contributed by atoms with E-state index in [1.807, 2.05) is 0 Å². The molecule has 1 fully saturated rings. The van der Waals surface area contributed by atoms with E-state index in [1.165, 1.54) is 64.2 Å². The molecule has 0 saturated heterocycles. The first-order valence-corrected chi connectivity index (χ1v) is 7.05. The van der Waals surface area contributed by atoms with Crippen molar-refractivity contribution in [1.82, 2.24) is 0 Å². The Morgan fingerprint density at radius 2 is 1.93 bits per heavy atom. The maximum absolute atomic E-state index is 2.54. The molecule has 0 aromatic carbocycles. The van der Waals surface area contributed by atoms with Gasteiger partial charge in [-0.25, -0.2) is 0 Å². The molecule has 0 aromatic rings. The van der Waals surface area contributed by atoms with Crippen LogP contribution in [0.1, 0.15) is 71.1 Å². The van der Waals surface area contributed by atoms with Crippen molar-refractivity contribution in [1.29, 1.82) is 0 Å². The van der Waals surface area contributed by atoms with Gasteiger partial charge >= 0.3 is 0 Å². The largest absolute Gasteiger partial charge is 0.0851 e. The summed E-state index contributed by atoms with van der Waals surface area (Å²) in [6.45, 7) is 2.46. The molecule has 0 heteroatoms. The summed E-state index contributed by atoms with van der Waals surface area (Å²) in [7, 11) is 0. The minimum Gasteiger partial charge on any atom is -0.0851 e. The Morgan fingerprint density at radius 3 is 2.60 bits per heavy atom. The van der Waals surface area contributed by atoms with Crippen molar-refractivity contribution >= 4 is 0 Å². The third-order valence-corrected chi connectivity index (χ3v) is 4.37. The van der Waals surface area contributed by atoms with Gasteiger partial charge in [0.05, 0.1) is 0 Å². The van der Waals surface area contributed by atoms with E-state index in [-0.39, 0.29) is 0 Å². The minimum absolute atomic E-state index is 0.883. The fourth-order valence-electron chi connectivity index (χ4n) is 3.38. The summed E-state index contributed by atoms with van der Waals surface area (Å²) in [5.74, 6) is 1.94. The predicted octanol–water partition coefficient (Wildman–Crippen LogP) is 5.09. The maximum atomic E-state index is 2.54. The van der Waals surface area contributed by atoms with E-state index >= 15 is 0 Å². The van der Waals surface area contributed by atoms with Crippen molar-refractivity contribution in [2.24, 2.45) is 11.8 Å². The van der Waals surface area contributed by atoms with Crippen molar-refractivity contribution in [2.75, 3.05) is 0 Å². The van der Waals surface area contributed by atoms with Gasteiger partial charge in [-0.1, -0.05) is 50.7 Å². The second kappa shape index (κ2) is 5.72. The Bertz CT molecular complexity index is 208. The quantitative estimate of drug-likeness (QED) is 0.564. The Labute approximate surface area is 95.1 Å². The van der Waals surface area contributed by atoms with Crippen LogP contribution in [0.5, 0.6) is 0 Å². The van der Waals surface area contributed by atoms with Crippen molar-refractivity contribution < 1.29 is 0 Å². The van der Waals surface area contributed by atoms with Crippen LogP contribution in [-0.4, -0.2) is 0 Å². The average Bonchev–Trinajstić information content (AvgIpc) is 2.31. The van der Waals surface area contributed by atoms with Gasteiger partial charge in [-0.3, -0.25) is 0 Å². The Balaban J connectivity index is 1.79. The normalized spacial score (nSPS) is 26.1. The van der Waals surface area contributed by atoms with Crippen molar-refractivity contribution in [3.63, 3.8) is 0 Å². The van der Waals surface area contributed by atoms with Crippen LogP contribution in [0.2, 0.25) is 0 Å². The van der Waals surface area contributed by atoms with E-state index in [4.69, 9.17) is 0 Å². The molecule has 0 heterocycles. The lowest BCUT2D eigenvalue weighted by atomic mass is 9.79. The average molecular weight is 206 g/mol. The zero-order chi connectivity index (χ0) is 10.5. The van der Waals surface area contributed by atoms with Crippen LogP contribution < -0.4 is 0 Å². The molecule has 0 nitrogen and oxygen atoms in total. The number of hydrogen-bond acceptors (Lipinski definition) is 0. The fraction of sp³-hybridized carbons (Fsp3) is 0.867. The van der Waals surface area contributed by atoms with Gasteiger partial charge in [-0.2, -0.15) is 0 Å². The first-order valence-electron chi connectivity index (χ1n) is 7.05. The van der Waals surface area contributed by atoms with E-state index in [1.54, 1.807) is 5.57 Å². The van der Waals surface area contributed by atoms with E-state index in [0.29, 0.717) is 0 Å². The Morgan fingerprint density at radius 1 is 1.13 bits per heavy atom. The Hall–Kier alpha value is -0.260. The van der Waals surface area contributed by atoms with Gasteiger partial charge in [0.1, 0.15) is 0 Å². The Kier molecular flexibility index (Phi) is 4.29. The molecule has 1 saturated carbocycles. The highest BCUT2D eigenvalue weighted by Gasteiger charge is 2.19. The lowest BCUT2D eigenvalue weighted by Gasteiger charge is -2.27. The molecular formula is C15H26. The number of hydrogen-bond donors (Lipinski definition) is 0. The van der Waals surface area contributed by atoms with Gasteiger partial charge < -0.3 is 0 Å². The minimum atomic E-state index is 0.883. The summed E-state index contributed by atoms with van der Waals surface area (Å²) in [4.78, 5) is 0. The van der Waals surface area contributed by atoms with Crippen LogP contribution in [0, 0.1) is 11.8 Å². The molecule has 0 bridgehead atoms. The maximum Gasteiger partial charge on any atom is -0.0229 e. The summed E-state index contributed by atoms with van der Waals surface area (Å²) in [5, 5.41) is 0. The molecule has 2 aliphatic rings. The smallest absolute Gasteiger partial charge is 0.0229 e. The summed E-state index contributed by atoms with van der Waals surface area (Å²) >= 11 is 0. The van der Waals surface area contributed by atoms with Gasteiger partial charge in [0.2, 0.25) is 0 Å². The van der Waals surface area contributed by atoms with E-state index in [2.05, 4.69) is 13.0 Å². The molecule has 1 atom stereocenters. The molecule has 1 unspecified atom stereocenters. The topological polar surface area (TPSA) is 0 Å². The van der Waals surface area contributed by atoms with E-state index in [9.17, 15) is 0 Å². The molecule has 2 aliphatic carbocycles. The number of rotatable bonds is 3. The molecule has 0 radical (unpaired) electrons. The lowest BCUT2D eigenvalue weighted by molar-refractivity contribution is 0.307. The third-order valence-electron chi connectivity index (χ3n) is 4.37.